The van der Waals surface area contributed by atoms with Crippen molar-refractivity contribution in [1.82, 2.24) is 10.2 Å². The molecule has 1 aliphatic rings. The van der Waals surface area contributed by atoms with E-state index in [1.807, 2.05) is 69.3 Å². The van der Waals surface area contributed by atoms with Crippen molar-refractivity contribution in [2.24, 2.45) is 0 Å². The van der Waals surface area contributed by atoms with Crippen LogP contribution in [0.1, 0.15) is 62.1 Å². The fraction of sp³-hybridized carbons (Fsp3) is 0.481. The Balaban J connectivity index is 1.75. The summed E-state index contributed by atoms with van der Waals surface area (Å²) in [4.78, 5) is 28.2. The van der Waals surface area contributed by atoms with E-state index in [1.54, 1.807) is 4.90 Å². The molecule has 5 nitrogen and oxygen atoms in total. The van der Waals surface area contributed by atoms with Gasteiger partial charge in [0.25, 0.3) is 5.91 Å². The third-order valence-corrected chi connectivity index (χ3v) is 6.44. The van der Waals surface area contributed by atoms with E-state index in [2.05, 4.69) is 5.32 Å². The highest BCUT2D eigenvalue weighted by Crippen LogP contribution is 2.22. The van der Waals surface area contributed by atoms with Crippen molar-refractivity contribution in [2.45, 2.75) is 77.9 Å². The second kappa shape index (κ2) is 11.7. The molecule has 1 atom stereocenters. The molecule has 0 saturated heterocycles. The Morgan fingerprint density at radius 1 is 1.03 bits per heavy atom. The Morgan fingerprint density at radius 3 is 2.44 bits per heavy atom. The fourth-order valence-electron chi connectivity index (χ4n) is 4.35. The van der Waals surface area contributed by atoms with E-state index in [0.717, 1.165) is 42.4 Å². The average Bonchev–Trinajstić information content (AvgIpc) is 2.81. The van der Waals surface area contributed by atoms with Gasteiger partial charge in [-0.3, -0.25) is 9.59 Å². The van der Waals surface area contributed by atoms with Crippen molar-refractivity contribution in [3.8, 4) is 5.75 Å². The summed E-state index contributed by atoms with van der Waals surface area (Å²) in [7, 11) is 0. The highest BCUT2D eigenvalue weighted by molar-refractivity contribution is 5.88. The maximum absolute atomic E-state index is 13.3. The van der Waals surface area contributed by atoms with Gasteiger partial charge >= 0.3 is 0 Å². The van der Waals surface area contributed by atoms with Gasteiger partial charge in [-0.1, -0.05) is 68.7 Å². The first-order valence-corrected chi connectivity index (χ1v) is 11.8. The van der Waals surface area contributed by atoms with Crippen LogP contribution in [-0.2, 0) is 16.1 Å². The van der Waals surface area contributed by atoms with Crippen LogP contribution in [0.5, 0.6) is 5.75 Å². The second-order valence-corrected chi connectivity index (χ2v) is 8.76. The Morgan fingerprint density at radius 2 is 1.75 bits per heavy atom. The summed E-state index contributed by atoms with van der Waals surface area (Å²) >= 11 is 0. The summed E-state index contributed by atoms with van der Waals surface area (Å²) < 4.78 is 5.90. The highest BCUT2D eigenvalue weighted by Gasteiger charge is 2.30. The zero-order valence-electron chi connectivity index (χ0n) is 19.6. The smallest absolute Gasteiger partial charge is 0.261 e. The maximum Gasteiger partial charge on any atom is 0.261 e. The van der Waals surface area contributed by atoms with E-state index in [0.29, 0.717) is 18.7 Å². The van der Waals surface area contributed by atoms with E-state index in [-0.39, 0.29) is 24.5 Å². The first-order chi connectivity index (χ1) is 15.5. The van der Waals surface area contributed by atoms with Gasteiger partial charge in [0.1, 0.15) is 11.8 Å². The first-order valence-electron chi connectivity index (χ1n) is 11.8. The van der Waals surface area contributed by atoms with Crippen LogP contribution in [0.2, 0.25) is 0 Å². The van der Waals surface area contributed by atoms with Crippen molar-refractivity contribution < 1.29 is 14.3 Å². The molecule has 1 N–H and O–H groups in total. The lowest BCUT2D eigenvalue weighted by Gasteiger charge is -2.32. The van der Waals surface area contributed by atoms with Gasteiger partial charge in [0, 0.05) is 12.6 Å². The van der Waals surface area contributed by atoms with E-state index in [9.17, 15) is 9.59 Å². The molecule has 0 spiro atoms. The Labute approximate surface area is 192 Å². The molecule has 1 fully saturated rings. The zero-order valence-corrected chi connectivity index (χ0v) is 19.6. The summed E-state index contributed by atoms with van der Waals surface area (Å²) in [5.74, 6) is 0.466. The highest BCUT2D eigenvalue weighted by atomic mass is 16.5. The molecule has 0 aliphatic heterocycles. The molecule has 3 rings (SSSR count). The van der Waals surface area contributed by atoms with E-state index < -0.39 is 6.04 Å². The van der Waals surface area contributed by atoms with Gasteiger partial charge in [0.2, 0.25) is 5.91 Å². The second-order valence-electron chi connectivity index (χ2n) is 8.76. The van der Waals surface area contributed by atoms with Crippen molar-refractivity contribution in [2.75, 3.05) is 6.61 Å². The van der Waals surface area contributed by atoms with Crippen LogP contribution in [0.25, 0.3) is 0 Å². The summed E-state index contributed by atoms with van der Waals surface area (Å²) in [6, 6.07) is 15.3. The molecule has 2 aromatic rings. The van der Waals surface area contributed by atoms with Crippen LogP contribution < -0.4 is 10.1 Å². The number of amides is 2. The number of hydrogen-bond donors (Lipinski definition) is 1. The normalized spacial score (nSPS) is 15.1. The average molecular weight is 437 g/mol. The van der Waals surface area contributed by atoms with Gasteiger partial charge in [-0.15, -0.1) is 0 Å². The zero-order chi connectivity index (χ0) is 22.9. The lowest BCUT2D eigenvalue weighted by molar-refractivity contribution is -0.143. The minimum atomic E-state index is -0.521. The predicted molar refractivity (Wildman–Crippen MR) is 127 cm³/mol. The van der Waals surface area contributed by atoms with Crippen LogP contribution >= 0.6 is 0 Å². The standard InChI is InChI=1S/C27H36N2O3/c1-4-24(27(31)28-23-15-9-6-10-16-23)29(18-22-13-7-5-8-14-22)26(30)19-32-25-17-11-12-20(2)21(25)3/h5,7-8,11-14,17,23-24H,4,6,9-10,15-16,18-19H2,1-3H3,(H,28,31)/t24-/m1/s1. The third-order valence-electron chi connectivity index (χ3n) is 6.44. The molecule has 0 unspecified atom stereocenters. The van der Waals surface area contributed by atoms with Crippen LogP contribution in [0.15, 0.2) is 48.5 Å². The van der Waals surface area contributed by atoms with Crippen LogP contribution in [0.3, 0.4) is 0 Å². The quantitative estimate of drug-likeness (QED) is 0.606. The molecule has 0 aromatic heterocycles. The SMILES string of the molecule is CC[C@H](C(=O)NC1CCCCC1)N(Cc1ccccc1)C(=O)COc1cccc(C)c1C. The molecule has 2 amide bonds. The first kappa shape index (κ1) is 23.8. The van der Waals surface area contributed by atoms with E-state index >= 15 is 0 Å². The number of nitrogens with zero attached hydrogens (tertiary/aromatic N) is 1. The number of aryl methyl sites for hydroxylation is 1. The van der Waals surface area contributed by atoms with Crippen LogP contribution in [0.4, 0.5) is 0 Å². The van der Waals surface area contributed by atoms with Crippen molar-refractivity contribution in [3.05, 3.63) is 65.2 Å². The molecular formula is C27H36N2O3. The summed E-state index contributed by atoms with van der Waals surface area (Å²) in [5, 5.41) is 3.21. The number of rotatable bonds is 9. The van der Waals surface area contributed by atoms with Crippen molar-refractivity contribution in [3.63, 3.8) is 0 Å². The number of carbonyl (C=O) groups excluding carboxylic acids is 2. The lowest BCUT2D eigenvalue weighted by atomic mass is 9.95. The number of ether oxygens (including phenoxy) is 1. The molecule has 5 heteroatoms. The molecule has 1 aliphatic carbocycles. The predicted octanol–water partition coefficient (Wildman–Crippen LogP) is 4.94. The minimum absolute atomic E-state index is 0.0598. The summed E-state index contributed by atoms with van der Waals surface area (Å²) in [5.41, 5.74) is 3.14. The van der Waals surface area contributed by atoms with Crippen LogP contribution in [0, 0.1) is 13.8 Å². The van der Waals surface area contributed by atoms with Crippen molar-refractivity contribution in [1.29, 1.82) is 0 Å². The lowest BCUT2D eigenvalue weighted by Crippen LogP contribution is -2.52. The third kappa shape index (κ3) is 6.35. The summed E-state index contributed by atoms with van der Waals surface area (Å²) in [6.45, 7) is 6.26. The van der Waals surface area contributed by atoms with Gasteiger partial charge < -0.3 is 15.0 Å². The monoisotopic (exact) mass is 436 g/mol. The number of carbonyl (C=O) groups is 2. The molecule has 0 bridgehead atoms. The van der Waals surface area contributed by atoms with Gasteiger partial charge in [0.05, 0.1) is 0 Å². The van der Waals surface area contributed by atoms with Crippen molar-refractivity contribution >= 4 is 11.8 Å². The van der Waals surface area contributed by atoms with Gasteiger partial charge in [-0.25, -0.2) is 0 Å². The van der Waals surface area contributed by atoms with Gasteiger partial charge in [-0.2, -0.15) is 0 Å². The maximum atomic E-state index is 13.3. The summed E-state index contributed by atoms with van der Waals surface area (Å²) in [6.07, 6.45) is 6.13. The molecule has 0 heterocycles. The molecule has 0 radical (unpaired) electrons. The Bertz CT molecular complexity index is 891. The van der Waals surface area contributed by atoms with Crippen LogP contribution in [-0.4, -0.2) is 35.4 Å². The molecular weight excluding hydrogens is 400 g/mol. The van der Waals surface area contributed by atoms with Gasteiger partial charge in [0.15, 0.2) is 6.61 Å². The van der Waals surface area contributed by atoms with Gasteiger partial charge in [-0.05, 0) is 55.9 Å². The minimum Gasteiger partial charge on any atom is -0.483 e. The molecule has 1 saturated carbocycles. The molecule has 32 heavy (non-hydrogen) atoms. The number of benzene rings is 2. The topological polar surface area (TPSA) is 58.6 Å². The number of nitrogens with one attached hydrogen (secondary N) is 1. The largest absolute Gasteiger partial charge is 0.483 e. The fourth-order valence-corrected chi connectivity index (χ4v) is 4.35. The van der Waals surface area contributed by atoms with E-state index in [4.69, 9.17) is 4.74 Å². The van der Waals surface area contributed by atoms with E-state index in [1.165, 1.54) is 6.42 Å². The molecule has 172 valence electrons. The Hall–Kier alpha value is -2.82. The molecule has 2 aromatic carbocycles. The number of hydrogen-bond acceptors (Lipinski definition) is 3. The Kier molecular flexibility index (Phi) is 8.72.